The SMILES string of the molecule is CC(C)(CC(O)(Cc1ccnc2cccc(F)c12)C(F)(F)F)c1ccc(F)cc1. The third-order valence-electron chi connectivity index (χ3n) is 5.17. The fraction of sp³-hybridized carbons (Fsp3) is 0.318. The second-order valence-electron chi connectivity index (χ2n) is 7.88. The first-order chi connectivity index (χ1) is 13.4. The Kier molecular flexibility index (Phi) is 5.38. The van der Waals surface area contributed by atoms with Crippen LogP contribution in [-0.4, -0.2) is 21.9 Å². The summed E-state index contributed by atoms with van der Waals surface area (Å²) in [6.45, 7) is 3.09. The Morgan fingerprint density at radius 3 is 2.21 bits per heavy atom. The van der Waals surface area contributed by atoms with Crippen molar-refractivity contribution in [2.75, 3.05) is 0 Å². The van der Waals surface area contributed by atoms with Gasteiger partial charge in [-0.15, -0.1) is 0 Å². The molecule has 0 bridgehead atoms. The van der Waals surface area contributed by atoms with E-state index in [1.807, 2.05) is 0 Å². The molecule has 1 unspecified atom stereocenters. The van der Waals surface area contributed by atoms with Crippen LogP contribution in [0, 0.1) is 11.6 Å². The van der Waals surface area contributed by atoms with Crippen molar-refractivity contribution < 1.29 is 27.1 Å². The smallest absolute Gasteiger partial charge is 0.380 e. The van der Waals surface area contributed by atoms with Gasteiger partial charge < -0.3 is 5.11 Å². The maximum absolute atomic E-state index is 14.3. The molecule has 2 nitrogen and oxygen atoms in total. The average Bonchev–Trinajstić information content (AvgIpc) is 2.61. The van der Waals surface area contributed by atoms with Gasteiger partial charge in [0.15, 0.2) is 5.60 Å². The van der Waals surface area contributed by atoms with E-state index in [-0.39, 0.29) is 16.5 Å². The third kappa shape index (κ3) is 4.24. The number of benzene rings is 2. The largest absolute Gasteiger partial charge is 0.417 e. The molecule has 1 atom stereocenters. The highest BCUT2D eigenvalue weighted by atomic mass is 19.4. The molecular formula is C22H20F5NO. The van der Waals surface area contributed by atoms with Crippen LogP contribution in [-0.2, 0) is 11.8 Å². The van der Waals surface area contributed by atoms with E-state index in [0.717, 1.165) is 18.2 Å². The Hall–Kier alpha value is -2.54. The van der Waals surface area contributed by atoms with Crippen molar-refractivity contribution in [2.45, 2.75) is 43.9 Å². The zero-order valence-electron chi connectivity index (χ0n) is 15.9. The maximum atomic E-state index is 14.3. The van der Waals surface area contributed by atoms with E-state index in [4.69, 9.17) is 0 Å². The summed E-state index contributed by atoms with van der Waals surface area (Å²) < 4.78 is 69.5. The van der Waals surface area contributed by atoms with Crippen LogP contribution in [0.25, 0.3) is 10.9 Å². The van der Waals surface area contributed by atoms with Crippen LogP contribution in [0.4, 0.5) is 22.0 Å². The summed E-state index contributed by atoms with van der Waals surface area (Å²) in [6, 6.07) is 10.5. The molecule has 154 valence electrons. The van der Waals surface area contributed by atoms with E-state index in [0.29, 0.717) is 5.56 Å². The molecule has 2 aromatic carbocycles. The zero-order chi connectivity index (χ0) is 21.4. The topological polar surface area (TPSA) is 33.1 Å². The fourth-order valence-electron chi connectivity index (χ4n) is 3.69. The van der Waals surface area contributed by atoms with E-state index in [1.165, 1.54) is 36.5 Å². The molecule has 1 aromatic heterocycles. The van der Waals surface area contributed by atoms with E-state index in [2.05, 4.69) is 4.98 Å². The van der Waals surface area contributed by atoms with Gasteiger partial charge in [0, 0.05) is 18.0 Å². The lowest BCUT2D eigenvalue weighted by molar-refractivity contribution is -0.266. The van der Waals surface area contributed by atoms with Gasteiger partial charge in [-0.1, -0.05) is 32.0 Å². The van der Waals surface area contributed by atoms with Gasteiger partial charge in [0.05, 0.1) is 5.52 Å². The molecule has 0 amide bonds. The molecule has 0 aliphatic carbocycles. The second kappa shape index (κ2) is 7.37. The van der Waals surface area contributed by atoms with Gasteiger partial charge in [0.2, 0.25) is 0 Å². The maximum Gasteiger partial charge on any atom is 0.417 e. The molecule has 29 heavy (non-hydrogen) atoms. The van der Waals surface area contributed by atoms with Crippen molar-refractivity contribution in [1.82, 2.24) is 4.98 Å². The van der Waals surface area contributed by atoms with Gasteiger partial charge in [-0.3, -0.25) is 4.98 Å². The van der Waals surface area contributed by atoms with Crippen molar-refractivity contribution in [3.63, 3.8) is 0 Å². The number of pyridine rings is 1. The molecular weight excluding hydrogens is 389 g/mol. The summed E-state index contributed by atoms with van der Waals surface area (Å²) in [5, 5.41) is 10.7. The number of hydrogen-bond acceptors (Lipinski definition) is 2. The van der Waals surface area contributed by atoms with E-state index < -0.39 is 41.7 Å². The molecule has 0 fully saturated rings. The van der Waals surface area contributed by atoms with Crippen molar-refractivity contribution >= 4 is 10.9 Å². The number of hydrogen-bond donors (Lipinski definition) is 1. The minimum absolute atomic E-state index is 0.0165. The number of nitrogens with zero attached hydrogens (tertiary/aromatic N) is 1. The van der Waals surface area contributed by atoms with Crippen LogP contribution >= 0.6 is 0 Å². The van der Waals surface area contributed by atoms with Crippen LogP contribution in [0.2, 0.25) is 0 Å². The van der Waals surface area contributed by atoms with Crippen molar-refractivity contribution in [3.8, 4) is 0 Å². The van der Waals surface area contributed by atoms with Crippen LogP contribution in [0.3, 0.4) is 0 Å². The Balaban J connectivity index is 2.04. The van der Waals surface area contributed by atoms with E-state index in [1.54, 1.807) is 13.8 Å². The normalized spacial score (nSPS) is 14.8. The Morgan fingerprint density at radius 2 is 1.59 bits per heavy atom. The van der Waals surface area contributed by atoms with Gasteiger partial charge in [-0.25, -0.2) is 8.78 Å². The first kappa shape index (κ1) is 21.2. The summed E-state index contributed by atoms with van der Waals surface area (Å²) in [4.78, 5) is 3.99. The van der Waals surface area contributed by atoms with E-state index >= 15 is 0 Å². The summed E-state index contributed by atoms with van der Waals surface area (Å²) >= 11 is 0. The monoisotopic (exact) mass is 409 g/mol. The Labute approximate surface area is 165 Å². The molecule has 0 radical (unpaired) electrons. The Morgan fingerprint density at radius 1 is 0.931 bits per heavy atom. The highest BCUT2D eigenvalue weighted by molar-refractivity contribution is 5.82. The van der Waals surface area contributed by atoms with Crippen LogP contribution in [0.15, 0.2) is 54.7 Å². The van der Waals surface area contributed by atoms with Crippen LogP contribution in [0.1, 0.15) is 31.4 Å². The highest BCUT2D eigenvalue weighted by Crippen LogP contribution is 2.43. The minimum atomic E-state index is -4.97. The molecule has 0 aliphatic rings. The average molecular weight is 409 g/mol. The lowest BCUT2D eigenvalue weighted by Crippen LogP contribution is -2.50. The first-order valence-corrected chi connectivity index (χ1v) is 9.00. The molecule has 0 spiro atoms. The van der Waals surface area contributed by atoms with Crippen LogP contribution in [0.5, 0.6) is 0 Å². The van der Waals surface area contributed by atoms with Crippen molar-refractivity contribution in [2.24, 2.45) is 0 Å². The van der Waals surface area contributed by atoms with Gasteiger partial charge in [0.25, 0.3) is 0 Å². The molecule has 0 saturated carbocycles. The first-order valence-electron chi connectivity index (χ1n) is 9.00. The third-order valence-corrected chi connectivity index (χ3v) is 5.17. The number of halogens is 5. The summed E-state index contributed by atoms with van der Waals surface area (Å²) in [6.07, 6.45) is -5.20. The second-order valence-corrected chi connectivity index (χ2v) is 7.88. The predicted molar refractivity (Wildman–Crippen MR) is 100 cm³/mol. The van der Waals surface area contributed by atoms with Gasteiger partial charge in [-0.2, -0.15) is 13.2 Å². The van der Waals surface area contributed by atoms with Gasteiger partial charge >= 0.3 is 6.18 Å². The standard InChI is InChI=1S/C22H20F5NO/c1-20(2,15-6-8-16(23)9-7-15)13-21(29,22(25,26)27)12-14-10-11-28-18-5-3-4-17(24)19(14)18/h3-11,29H,12-13H2,1-2H3. The minimum Gasteiger partial charge on any atom is -0.380 e. The van der Waals surface area contributed by atoms with Gasteiger partial charge in [-0.05, 0) is 53.3 Å². The lowest BCUT2D eigenvalue weighted by atomic mass is 9.73. The lowest BCUT2D eigenvalue weighted by Gasteiger charge is -2.38. The molecule has 7 heteroatoms. The van der Waals surface area contributed by atoms with Gasteiger partial charge in [0.1, 0.15) is 11.6 Å². The fourth-order valence-corrected chi connectivity index (χ4v) is 3.69. The van der Waals surface area contributed by atoms with E-state index in [9.17, 15) is 27.1 Å². The number of fused-ring (bicyclic) bond motifs is 1. The summed E-state index contributed by atoms with van der Waals surface area (Å²) in [5.41, 5.74) is -3.57. The molecule has 0 aliphatic heterocycles. The number of aromatic nitrogens is 1. The number of rotatable bonds is 5. The molecule has 3 aromatic rings. The number of alkyl halides is 3. The Bertz CT molecular complexity index is 1010. The predicted octanol–water partition coefficient (Wildman–Crippen LogP) is 5.72. The molecule has 1 N–H and O–H groups in total. The summed E-state index contributed by atoms with van der Waals surface area (Å²) in [7, 11) is 0. The summed E-state index contributed by atoms with van der Waals surface area (Å²) in [5.74, 6) is -1.21. The molecule has 1 heterocycles. The highest BCUT2D eigenvalue weighted by Gasteiger charge is 2.55. The van der Waals surface area contributed by atoms with Crippen molar-refractivity contribution in [1.29, 1.82) is 0 Å². The van der Waals surface area contributed by atoms with Crippen molar-refractivity contribution in [3.05, 3.63) is 77.5 Å². The quantitative estimate of drug-likeness (QED) is 0.547. The molecule has 0 saturated heterocycles. The van der Waals surface area contributed by atoms with Crippen LogP contribution < -0.4 is 0 Å². The molecule has 3 rings (SSSR count). The zero-order valence-corrected chi connectivity index (χ0v) is 15.9. The number of aliphatic hydroxyl groups is 1.